The highest BCUT2D eigenvalue weighted by Gasteiger charge is 2.28. The maximum atomic E-state index is 12.1. The summed E-state index contributed by atoms with van der Waals surface area (Å²) in [7, 11) is 3.03. The van der Waals surface area contributed by atoms with Crippen molar-refractivity contribution < 1.29 is 14.3 Å². The number of methoxy groups -OCH3 is 2. The summed E-state index contributed by atoms with van der Waals surface area (Å²) in [6.45, 7) is 5.69. The number of nitrogens with two attached hydrogens (primary N) is 1. The van der Waals surface area contributed by atoms with Crippen molar-refractivity contribution >= 4 is 23.2 Å². The third-order valence-corrected chi connectivity index (χ3v) is 3.26. The molecule has 0 spiro atoms. The number of halogens is 1. The SMILES string of the molecule is COc1cc(Cl)c(NC(=O)[C@@H](N)C(C)(C)C)cc1OC. The van der Waals surface area contributed by atoms with Crippen molar-refractivity contribution in [3.05, 3.63) is 17.2 Å². The van der Waals surface area contributed by atoms with Crippen LogP contribution in [0, 0.1) is 5.41 Å². The van der Waals surface area contributed by atoms with Crippen molar-refractivity contribution in [3.8, 4) is 11.5 Å². The van der Waals surface area contributed by atoms with Crippen LogP contribution in [-0.4, -0.2) is 26.2 Å². The van der Waals surface area contributed by atoms with Gasteiger partial charge in [-0.05, 0) is 5.41 Å². The molecule has 5 nitrogen and oxygen atoms in total. The van der Waals surface area contributed by atoms with Gasteiger partial charge in [-0.3, -0.25) is 4.79 Å². The first-order valence-corrected chi connectivity index (χ1v) is 6.56. The molecule has 1 atom stereocenters. The van der Waals surface area contributed by atoms with Gasteiger partial charge in [-0.2, -0.15) is 0 Å². The fraction of sp³-hybridized carbons (Fsp3) is 0.500. The lowest BCUT2D eigenvalue weighted by Gasteiger charge is -2.26. The van der Waals surface area contributed by atoms with Crippen molar-refractivity contribution in [3.63, 3.8) is 0 Å². The summed E-state index contributed by atoms with van der Waals surface area (Å²) in [5.41, 5.74) is 6.01. The highest BCUT2D eigenvalue weighted by atomic mass is 35.5. The fourth-order valence-electron chi connectivity index (χ4n) is 1.55. The van der Waals surface area contributed by atoms with Gasteiger partial charge in [0.1, 0.15) is 0 Å². The van der Waals surface area contributed by atoms with Gasteiger partial charge in [-0.15, -0.1) is 0 Å². The molecule has 0 saturated carbocycles. The normalized spacial score (nSPS) is 12.8. The van der Waals surface area contributed by atoms with Gasteiger partial charge >= 0.3 is 0 Å². The summed E-state index contributed by atoms with van der Waals surface area (Å²) >= 11 is 6.11. The van der Waals surface area contributed by atoms with Crippen molar-refractivity contribution in [2.75, 3.05) is 19.5 Å². The van der Waals surface area contributed by atoms with Crippen LogP contribution in [0.2, 0.25) is 5.02 Å². The first-order chi connectivity index (χ1) is 9.20. The van der Waals surface area contributed by atoms with E-state index < -0.39 is 6.04 Å². The van der Waals surface area contributed by atoms with E-state index in [1.807, 2.05) is 20.8 Å². The Kier molecular flexibility index (Phi) is 5.25. The summed E-state index contributed by atoms with van der Waals surface area (Å²) in [6, 6.07) is 2.54. The lowest BCUT2D eigenvalue weighted by molar-refractivity contribution is -0.119. The average Bonchev–Trinajstić information content (AvgIpc) is 2.38. The molecule has 1 aromatic carbocycles. The third-order valence-electron chi connectivity index (χ3n) is 2.95. The molecule has 0 radical (unpaired) electrons. The number of rotatable bonds is 4. The molecule has 1 aromatic rings. The number of nitrogens with one attached hydrogen (secondary N) is 1. The first-order valence-electron chi connectivity index (χ1n) is 6.18. The minimum Gasteiger partial charge on any atom is -0.493 e. The van der Waals surface area contributed by atoms with Crippen LogP contribution in [0.3, 0.4) is 0 Å². The van der Waals surface area contributed by atoms with Crippen LogP contribution in [0.15, 0.2) is 12.1 Å². The second-order valence-electron chi connectivity index (χ2n) is 5.52. The Morgan fingerprint density at radius 3 is 2.20 bits per heavy atom. The molecule has 0 heterocycles. The van der Waals surface area contributed by atoms with E-state index in [0.717, 1.165) is 0 Å². The van der Waals surface area contributed by atoms with Crippen LogP contribution in [0.5, 0.6) is 11.5 Å². The molecule has 0 saturated heterocycles. The molecule has 6 heteroatoms. The molecule has 0 aliphatic carbocycles. The van der Waals surface area contributed by atoms with E-state index in [9.17, 15) is 4.79 Å². The zero-order chi connectivity index (χ0) is 15.5. The number of benzene rings is 1. The maximum Gasteiger partial charge on any atom is 0.241 e. The van der Waals surface area contributed by atoms with Crippen molar-refractivity contribution in [2.24, 2.45) is 11.1 Å². The standard InChI is InChI=1S/C14H21ClN2O3/c1-14(2,3)12(16)13(18)17-9-7-11(20-5)10(19-4)6-8(9)15/h6-7,12H,16H2,1-5H3,(H,17,18)/t12-/m1/s1. The smallest absolute Gasteiger partial charge is 0.241 e. The molecule has 0 fully saturated rings. The molecule has 3 N–H and O–H groups in total. The van der Waals surface area contributed by atoms with E-state index in [0.29, 0.717) is 22.2 Å². The minimum atomic E-state index is -0.647. The van der Waals surface area contributed by atoms with E-state index >= 15 is 0 Å². The summed E-state index contributed by atoms with van der Waals surface area (Å²) in [5, 5.41) is 3.07. The van der Waals surface area contributed by atoms with Gasteiger partial charge in [0, 0.05) is 12.1 Å². The molecule has 1 amide bonds. The highest BCUT2D eigenvalue weighted by molar-refractivity contribution is 6.34. The number of amides is 1. The second kappa shape index (κ2) is 6.33. The summed E-state index contributed by atoms with van der Waals surface area (Å²) in [5.74, 6) is 0.679. The first kappa shape index (κ1) is 16.6. The average molecular weight is 301 g/mol. The van der Waals surface area contributed by atoms with Crippen LogP contribution in [0.1, 0.15) is 20.8 Å². The van der Waals surface area contributed by atoms with Gasteiger partial charge in [0.2, 0.25) is 5.91 Å². The van der Waals surface area contributed by atoms with Crippen LogP contribution in [0.25, 0.3) is 0 Å². The van der Waals surface area contributed by atoms with Crippen LogP contribution >= 0.6 is 11.6 Å². The predicted molar refractivity (Wildman–Crippen MR) is 80.6 cm³/mol. The summed E-state index contributed by atoms with van der Waals surface area (Å²) < 4.78 is 10.3. The number of hydrogen-bond donors (Lipinski definition) is 2. The molecular formula is C14H21ClN2O3. The third kappa shape index (κ3) is 3.77. The largest absolute Gasteiger partial charge is 0.493 e. The van der Waals surface area contributed by atoms with Crippen LogP contribution < -0.4 is 20.5 Å². The summed E-state index contributed by atoms with van der Waals surface area (Å²) in [4.78, 5) is 12.1. The topological polar surface area (TPSA) is 73.6 Å². The van der Waals surface area contributed by atoms with E-state index in [-0.39, 0.29) is 11.3 Å². The van der Waals surface area contributed by atoms with Gasteiger partial charge in [-0.1, -0.05) is 32.4 Å². The molecule has 20 heavy (non-hydrogen) atoms. The lowest BCUT2D eigenvalue weighted by atomic mass is 9.87. The molecular weight excluding hydrogens is 280 g/mol. The Balaban J connectivity index is 3.01. The molecule has 112 valence electrons. The van der Waals surface area contributed by atoms with Crippen LogP contribution in [0.4, 0.5) is 5.69 Å². The van der Waals surface area contributed by atoms with E-state index in [1.165, 1.54) is 14.2 Å². The number of carbonyl (C=O) groups excluding carboxylic acids is 1. The molecule has 0 aromatic heterocycles. The monoisotopic (exact) mass is 300 g/mol. The van der Waals surface area contributed by atoms with Crippen molar-refractivity contribution in [1.29, 1.82) is 0 Å². The van der Waals surface area contributed by atoms with E-state index in [4.69, 9.17) is 26.8 Å². The second-order valence-corrected chi connectivity index (χ2v) is 5.93. The van der Waals surface area contributed by atoms with Gasteiger partial charge in [0.15, 0.2) is 11.5 Å². The fourth-order valence-corrected chi connectivity index (χ4v) is 1.75. The van der Waals surface area contributed by atoms with Gasteiger partial charge < -0.3 is 20.5 Å². The van der Waals surface area contributed by atoms with E-state index in [2.05, 4.69) is 5.32 Å². The number of ether oxygens (including phenoxy) is 2. The Hall–Kier alpha value is -1.46. The zero-order valence-corrected chi connectivity index (χ0v) is 13.2. The van der Waals surface area contributed by atoms with Gasteiger partial charge in [-0.25, -0.2) is 0 Å². The molecule has 0 aliphatic rings. The molecule has 0 bridgehead atoms. The molecule has 0 aliphatic heterocycles. The Morgan fingerprint density at radius 1 is 1.25 bits per heavy atom. The minimum absolute atomic E-state index is 0.299. The maximum absolute atomic E-state index is 12.1. The van der Waals surface area contributed by atoms with Crippen molar-refractivity contribution in [1.82, 2.24) is 0 Å². The van der Waals surface area contributed by atoms with Gasteiger partial charge in [0.25, 0.3) is 0 Å². The van der Waals surface area contributed by atoms with E-state index in [1.54, 1.807) is 12.1 Å². The number of carbonyl (C=O) groups is 1. The van der Waals surface area contributed by atoms with Gasteiger partial charge in [0.05, 0.1) is 31.0 Å². The number of hydrogen-bond acceptors (Lipinski definition) is 4. The lowest BCUT2D eigenvalue weighted by Crippen LogP contribution is -2.45. The number of anilines is 1. The predicted octanol–water partition coefficient (Wildman–Crippen LogP) is 2.67. The quantitative estimate of drug-likeness (QED) is 0.896. The highest BCUT2D eigenvalue weighted by Crippen LogP contribution is 2.36. The zero-order valence-electron chi connectivity index (χ0n) is 12.4. The molecule has 0 unspecified atom stereocenters. The Bertz CT molecular complexity index is 498. The summed E-state index contributed by atoms with van der Waals surface area (Å²) in [6.07, 6.45) is 0. The molecule has 1 rings (SSSR count). The van der Waals surface area contributed by atoms with Crippen LogP contribution in [-0.2, 0) is 4.79 Å². The van der Waals surface area contributed by atoms with Crippen molar-refractivity contribution in [2.45, 2.75) is 26.8 Å². The Labute approximate surface area is 124 Å². The Morgan fingerprint density at radius 2 is 1.75 bits per heavy atom.